The number of carbonyl (C=O) groups excluding carboxylic acids is 1. The SMILES string of the molecule is CC(c1c(Cl)cccc1Cl)[S+]([O-])NC(=O)c1cc2ccc(N(C)C)cc2o1. The topological polar surface area (TPSA) is 68.5 Å². The van der Waals surface area contributed by atoms with Gasteiger partial charge in [-0.2, -0.15) is 4.72 Å². The molecule has 142 valence electrons. The third-order valence-corrected chi connectivity index (χ3v) is 6.09. The van der Waals surface area contributed by atoms with Gasteiger partial charge in [0.1, 0.15) is 5.58 Å². The summed E-state index contributed by atoms with van der Waals surface area (Å²) >= 11 is 10.6. The van der Waals surface area contributed by atoms with Crippen LogP contribution in [-0.2, 0) is 11.4 Å². The molecular weight excluding hydrogens is 407 g/mol. The highest BCUT2D eigenvalue weighted by Gasteiger charge is 2.28. The second-order valence-corrected chi connectivity index (χ2v) is 8.55. The van der Waals surface area contributed by atoms with E-state index in [1.54, 1.807) is 31.2 Å². The largest absolute Gasteiger partial charge is 0.593 e. The average Bonchev–Trinajstić information content (AvgIpc) is 3.04. The van der Waals surface area contributed by atoms with E-state index in [9.17, 15) is 9.35 Å². The van der Waals surface area contributed by atoms with E-state index in [0.717, 1.165) is 11.1 Å². The molecular formula is C19H18Cl2N2O3S. The Morgan fingerprint density at radius 3 is 2.48 bits per heavy atom. The highest BCUT2D eigenvalue weighted by Crippen LogP contribution is 2.34. The van der Waals surface area contributed by atoms with Crippen LogP contribution in [-0.4, -0.2) is 24.6 Å². The summed E-state index contributed by atoms with van der Waals surface area (Å²) in [7, 11) is 3.84. The zero-order chi connectivity index (χ0) is 19.7. The molecule has 0 fully saturated rings. The summed E-state index contributed by atoms with van der Waals surface area (Å²) in [6, 6.07) is 12.3. The van der Waals surface area contributed by atoms with Gasteiger partial charge < -0.3 is 13.9 Å². The molecule has 2 unspecified atom stereocenters. The van der Waals surface area contributed by atoms with Crippen LogP contribution in [0, 0.1) is 0 Å². The molecule has 0 saturated heterocycles. The third-order valence-electron chi connectivity index (χ3n) is 4.16. The molecule has 0 aliphatic carbocycles. The molecule has 1 aromatic heterocycles. The molecule has 27 heavy (non-hydrogen) atoms. The van der Waals surface area contributed by atoms with Crippen LogP contribution in [0.25, 0.3) is 11.0 Å². The van der Waals surface area contributed by atoms with Gasteiger partial charge in [-0.15, -0.1) is 0 Å². The van der Waals surface area contributed by atoms with Gasteiger partial charge in [-0.05, 0) is 37.3 Å². The van der Waals surface area contributed by atoms with Gasteiger partial charge in [0.05, 0.1) is 21.4 Å². The van der Waals surface area contributed by atoms with Crippen LogP contribution in [0.15, 0.2) is 46.9 Å². The van der Waals surface area contributed by atoms with E-state index in [0.29, 0.717) is 21.2 Å². The Hall–Kier alpha value is -1.86. The van der Waals surface area contributed by atoms with Gasteiger partial charge in [0.15, 0.2) is 11.0 Å². The molecule has 0 aliphatic rings. The number of nitrogens with zero attached hydrogens (tertiary/aromatic N) is 1. The minimum absolute atomic E-state index is 0.0895. The van der Waals surface area contributed by atoms with Gasteiger partial charge in [-0.25, -0.2) is 0 Å². The quantitative estimate of drug-likeness (QED) is 0.587. The van der Waals surface area contributed by atoms with Gasteiger partial charge >= 0.3 is 5.91 Å². The van der Waals surface area contributed by atoms with Crippen LogP contribution >= 0.6 is 23.2 Å². The minimum atomic E-state index is -1.74. The zero-order valence-electron chi connectivity index (χ0n) is 15.0. The predicted octanol–water partition coefficient (Wildman–Crippen LogP) is 4.96. The lowest BCUT2D eigenvalue weighted by molar-refractivity contribution is 0.0956. The lowest BCUT2D eigenvalue weighted by Gasteiger charge is -2.19. The number of fused-ring (bicyclic) bond motifs is 1. The van der Waals surface area contributed by atoms with Crippen molar-refractivity contribution >= 4 is 57.1 Å². The first-order valence-electron chi connectivity index (χ1n) is 8.14. The fourth-order valence-corrected chi connectivity index (χ4v) is 4.43. The average molecular weight is 425 g/mol. The Morgan fingerprint density at radius 2 is 1.85 bits per heavy atom. The summed E-state index contributed by atoms with van der Waals surface area (Å²) in [6.07, 6.45) is 0. The second kappa shape index (κ2) is 8.02. The molecule has 8 heteroatoms. The smallest absolute Gasteiger partial charge is 0.327 e. The fraction of sp³-hybridized carbons (Fsp3) is 0.211. The Labute approximate surface area is 170 Å². The normalized spacial score (nSPS) is 13.4. The Morgan fingerprint density at radius 1 is 1.19 bits per heavy atom. The van der Waals surface area contributed by atoms with Crippen molar-refractivity contribution in [1.82, 2.24) is 4.72 Å². The number of amides is 1. The highest BCUT2D eigenvalue weighted by atomic mass is 35.5. The number of halogens is 2. The first kappa shape index (κ1) is 19.9. The van der Waals surface area contributed by atoms with E-state index in [1.165, 1.54) is 0 Å². The Bertz CT molecular complexity index is 970. The van der Waals surface area contributed by atoms with Crippen molar-refractivity contribution in [3.63, 3.8) is 0 Å². The van der Waals surface area contributed by atoms with Crippen LogP contribution < -0.4 is 9.62 Å². The van der Waals surface area contributed by atoms with Crippen molar-refractivity contribution in [2.24, 2.45) is 0 Å². The van der Waals surface area contributed by atoms with Crippen LogP contribution in [0.1, 0.15) is 28.3 Å². The summed E-state index contributed by atoms with van der Waals surface area (Å²) in [5.74, 6) is -0.474. The molecule has 1 heterocycles. The number of rotatable bonds is 5. The van der Waals surface area contributed by atoms with Crippen molar-refractivity contribution in [2.45, 2.75) is 12.2 Å². The summed E-state index contributed by atoms with van der Waals surface area (Å²) in [5, 5.41) is 1.01. The summed E-state index contributed by atoms with van der Waals surface area (Å²) in [4.78, 5) is 14.4. The molecule has 5 nitrogen and oxygen atoms in total. The first-order chi connectivity index (χ1) is 12.8. The molecule has 0 aliphatic heterocycles. The number of furan rings is 1. The summed E-state index contributed by atoms with van der Waals surface area (Å²) in [5.41, 5.74) is 2.06. The highest BCUT2D eigenvalue weighted by molar-refractivity contribution is 7.90. The molecule has 0 spiro atoms. The molecule has 2 atom stereocenters. The minimum Gasteiger partial charge on any atom is -0.593 e. The predicted molar refractivity (Wildman–Crippen MR) is 111 cm³/mol. The zero-order valence-corrected chi connectivity index (χ0v) is 17.3. The van der Waals surface area contributed by atoms with E-state index in [4.69, 9.17) is 27.6 Å². The van der Waals surface area contributed by atoms with Crippen molar-refractivity contribution in [3.8, 4) is 0 Å². The maximum absolute atomic E-state index is 12.6. The maximum Gasteiger partial charge on any atom is 0.327 e. The molecule has 2 aromatic carbocycles. The molecule has 1 N–H and O–H groups in total. The van der Waals surface area contributed by atoms with Gasteiger partial charge in [0.2, 0.25) is 0 Å². The molecule has 0 radical (unpaired) electrons. The van der Waals surface area contributed by atoms with Crippen LogP contribution in [0.4, 0.5) is 5.69 Å². The number of hydrogen-bond donors (Lipinski definition) is 1. The van der Waals surface area contributed by atoms with Gasteiger partial charge in [-0.3, -0.25) is 4.79 Å². The van der Waals surface area contributed by atoms with Gasteiger partial charge in [0, 0.05) is 36.8 Å². The van der Waals surface area contributed by atoms with E-state index in [-0.39, 0.29) is 5.76 Å². The maximum atomic E-state index is 12.6. The fourth-order valence-electron chi connectivity index (χ4n) is 2.65. The van der Waals surface area contributed by atoms with Crippen molar-refractivity contribution in [2.75, 3.05) is 19.0 Å². The third kappa shape index (κ3) is 4.19. The van der Waals surface area contributed by atoms with Crippen LogP contribution in [0.2, 0.25) is 10.0 Å². The lowest BCUT2D eigenvalue weighted by atomic mass is 10.2. The second-order valence-electron chi connectivity index (χ2n) is 6.23. The van der Waals surface area contributed by atoms with E-state index >= 15 is 0 Å². The Balaban J connectivity index is 1.79. The van der Waals surface area contributed by atoms with Crippen molar-refractivity contribution in [1.29, 1.82) is 0 Å². The standard InChI is InChI=1S/C19H18Cl2N2O3S/c1-11(18-14(20)5-4-6-15(18)21)27(25)22-19(24)17-9-12-7-8-13(23(2)3)10-16(12)26-17/h4-11H,1-3H3,(H,22,24). The monoisotopic (exact) mass is 424 g/mol. The Kier molecular flexibility index (Phi) is 5.91. The molecule has 3 rings (SSSR count). The molecule has 0 bridgehead atoms. The number of anilines is 1. The van der Waals surface area contributed by atoms with Gasteiger partial charge in [0.25, 0.3) is 0 Å². The number of benzene rings is 2. The first-order valence-corrected chi connectivity index (χ1v) is 10.1. The summed E-state index contributed by atoms with van der Waals surface area (Å²) < 4.78 is 20.7. The van der Waals surface area contributed by atoms with Crippen molar-refractivity contribution in [3.05, 3.63) is 63.8 Å². The lowest BCUT2D eigenvalue weighted by Crippen LogP contribution is -2.33. The van der Waals surface area contributed by atoms with E-state index in [2.05, 4.69) is 4.72 Å². The number of hydrogen-bond acceptors (Lipinski definition) is 4. The summed E-state index contributed by atoms with van der Waals surface area (Å²) in [6.45, 7) is 1.69. The van der Waals surface area contributed by atoms with Crippen LogP contribution in [0.5, 0.6) is 0 Å². The number of carbonyl (C=O) groups is 1. The number of nitrogens with one attached hydrogen (secondary N) is 1. The van der Waals surface area contributed by atoms with E-state index in [1.807, 2.05) is 37.2 Å². The molecule has 3 aromatic rings. The van der Waals surface area contributed by atoms with Crippen molar-refractivity contribution < 1.29 is 13.8 Å². The van der Waals surface area contributed by atoms with Crippen LogP contribution in [0.3, 0.4) is 0 Å². The molecule has 1 amide bonds. The van der Waals surface area contributed by atoms with Gasteiger partial charge in [-0.1, -0.05) is 29.3 Å². The molecule has 0 saturated carbocycles. The van der Waals surface area contributed by atoms with E-state index < -0.39 is 22.5 Å².